The molecule has 0 amide bonds. The number of hydrazine groups is 1. The first-order chi connectivity index (χ1) is 9.99. The highest BCUT2D eigenvalue weighted by atomic mass is 35.5. The Labute approximate surface area is 131 Å². The van der Waals surface area contributed by atoms with Gasteiger partial charge in [0, 0.05) is 16.6 Å². The first kappa shape index (κ1) is 16.7. The first-order valence-electron chi connectivity index (χ1n) is 7.57. The van der Waals surface area contributed by atoms with Crippen molar-refractivity contribution in [2.45, 2.75) is 50.1 Å². The SMILES string of the molecule is CN(C)C1(C(Cc2ccc(Cl)cc2F)NN)CCCCC1. The van der Waals surface area contributed by atoms with Crippen molar-refractivity contribution in [1.29, 1.82) is 0 Å². The summed E-state index contributed by atoms with van der Waals surface area (Å²) < 4.78 is 14.1. The van der Waals surface area contributed by atoms with E-state index in [0.717, 1.165) is 12.8 Å². The highest BCUT2D eigenvalue weighted by Crippen LogP contribution is 2.36. The van der Waals surface area contributed by atoms with Crippen molar-refractivity contribution in [3.63, 3.8) is 0 Å². The third-order valence-corrected chi connectivity index (χ3v) is 5.13. The fraction of sp³-hybridized carbons (Fsp3) is 0.625. The van der Waals surface area contributed by atoms with E-state index < -0.39 is 0 Å². The van der Waals surface area contributed by atoms with Crippen molar-refractivity contribution < 1.29 is 4.39 Å². The number of hydrogen-bond donors (Lipinski definition) is 2. The number of rotatable bonds is 5. The van der Waals surface area contributed by atoms with Crippen LogP contribution >= 0.6 is 11.6 Å². The van der Waals surface area contributed by atoms with Crippen molar-refractivity contribution in [1.82, 2.24) is 10.3 Å². The molecule has 1 aromatic rings. The summed E-state index contributed by atoms with van der Waals surface area (Å²) in [6.45, 7) is 0. The van der Waals surface area contributed by atoms with Gasteiger partial charge in [-0.15, -0.1) is 0 Å². The number of benzene rings is 1. The molecule has 1 unspecified atom stereocenters. The standard InChI is InChI=1S/C16H25ClFN3/c1-21(2)16(8-4-3-5-9-16)15(20-19)10-12-6-7-13(17)11-14(12)18/h6-7,11,15,20H,3-5,8-10,19H2,1-2H3. The Hall–Kier alpha value is -0.680. The van der Waals surface area contributed by atoms with Crippen molar-refractivity contribution in [2.75, 3.05) is 14.1 Å². The molecular formula is C16H25ClFN3. The lowest BCUT2D eigenvalue weighted by molar-refractivity contribution is 0.0566. The zero-order valence-corrected chi connectivity index (χ0v) is 13.6. The molecule has 3 nitrogen and oxygen atoms in total. The second kappa shape index (κ2) is 7.05. The summed E-state index contributed by atoms with van der Waals surface area (Å²) in [6, 6.07) is 4.88. The normalized spacial score (nSPS) is 19.7. The molecule has 0 radical (unpaired) electrons. The summed E-state index contributed by atoms with van der Waals surface area (Å²) in [7, 11) is 4.18. The topological polar surface area (TPSA) is 41.3 Å². The van der Waals surface area contributed by atoms with Gasteiger partial charge in [0.05, 0.1) is 0 Å². The van der Waals surface area contributed by atoms with Crippen LogP contribution in [0.4, 0.5) is 4.39 Å². The van der Waals surface area contributed by atoms with E-state index in [9.17, 15) is 4.39 Å². The lowest BCUT2D eigenvalue weighted by Crippen LogP contribution is -2.62. The van der Waals surface area contributed by atoms with E-state index in [2.05, 4.69) is 24.4 Å². The van der Waals surface area contributed by atoms with Gasteiger partial charge in [-0.25, -0.2) is 4.39 Å². The van der Waals surface area contributed by atoms with Crippen LogP contribution in [0.2, 0.25) is 5.02 Å². The summed E-state index contributed by atoms with van der Waals surface area (Å²) in [5, 5.41) is 0.425. The Kier molecular flexibility index (Phi) is 5.60. The monoisotopic (exact) mass is 313 g/mol. The van der Waals surface area contributed by atoms with Gasteiger partial charge in [-0.05, 0) is 51.1 Å². The number of halogens is 2. The summed E-state index contributed by atoms with van der Waals surface area (Å²) in [6.07, 6.45) is 6.40. The molecule has 1 aromatic carbocycles. The highest BCUT2D eigenvalue weighted by molar-refractivity contribution is 6.30. The Balaban J connectivity index is 2.24. The minimum atomic E-state index is -0.257. The second-order valence-electron chi connectivity index (χ2n) is 6.22. The summed E-state index contributed by atoms with van der Waals surface area (Å²) in [5.41, 5.74) is 3.59. The third-order valence-electron chi connectivity index (χ3n) is 4.90. The maximum atomic E-state index is 14.1. The van der Waals surface area contributed by atoms with Crippen molar-refractivity contribution in [2.24, 2.45) is 5.84 Å². The molecule has 1 fully saturated rings. The molecule has 3 N–H and O–H groups in total. The lowest BCUT2D eigenvalue weighted by atomic mass is 9.73. The fourth-order valence-corrected chi connectivity index (χ4v) is 3.74. The van der Waals surface area contributed by atoms with Gasteiger partial charge in [0.15, 0.2) is 0 Å². The number of likely N-dealkylation sites (N-methyl/N-ethyl adjacent to an activating group) is 1. The molecule has 5 heteroatoms. The van der Waals surface area contributed by atoms with E-state index in [4.69, 9.17) is 17.4 Å². The van der Waals surface area contributed by atoms with Crippen molar-refractivity contribution in [3.8, 4) is 0 Å². The molecule has 0 aromatic heterocycles. The van der Waals surface area contributed by atoms with Crippen LogP contribution in [-0.4, -0.2) is 30.6 Å². The molecule has 118 valence electrons. The number of nitrogens with one attached hydrogen (secondary N) is 1. The number of hydrogen-bond acceptors (Lipinski definition) is 3. The van der Waals surface area contributed by atoms with Crippen LogP contribution in [0.1, 0.15) is 37.7 Å². The molecule has 1 atom stereocenters. The van der Waals surface area contributed by atoms with Crippen LogP contribution in [0.25, 0.3) is 0 Å². The first-order valence-corrected chi connectivity index (χ1v) is 7.95. The Morgan fingerprint density at radius 1 is 1.33 bits per heavy atom. The van der Waals surface area contributed by atoms with Crippen LogP contribution < -0.4 is 11.3 Å². The molecule has 0 aliphatic heterocycles. The maximum absolute atomic E-state index is 14.1. The molecule has 0 bridgehead atoms. The smallest absolute Gasteiger partial charge is 0.127 e. The summed E-state index contributed by atoms with van der Waals surface area (Å²) in [4.78, 5) is 2.25. The molecule has 2 rings (SSSR count). The Bertz CT molecular complexity index is 473. The fourth-order valence-electron chi connectivity index (χ4n) is 3.58. The van der Waals surface area contributed by atoms with Crippen LogP contribution in [0.5, 0.6) is 0 Å². The van der Waals surface area contributed by atoms with Crippen LogP contribution in [0.3, 0.4) is 0 Å². The van der Waals surface area contributed by atoms with Gasteiger partial charge in [0.1, 0.15) is 5.82 Å². The maximum Gasteiger partial charge on any atom is 0.127 e. The van der Waals surface area contributed by atoms with Crippen LogP contribution in [0.15, 0.2) is 18.2 Å². The van der Waals surface area contributed by atoms with Gasteiger partial charge in [-0.3, -0.25) is 11.3 Å². The predicted octanol–water partition coefficient (Wildman–Crippen LogP) is 3.12. The largest absolute Gasteiger partial charge is 0.302 e. The third kappa shape index (κ3) is 3.57. The van der Waals surface area contributed by atoms with Gasteiger partial charge < -0.3 is 4.90 Å². The van der Waals surface area contributed by atoms with E-state index in [-0.39, 0.29) is 17.4 Å². The average molecular weight is 314 g/mol. The minimum Gasteiger partial charge on any atom is -0.302 e. The average Bonchev–Trinajstić information content (AvgIpc) is 2.47. The van der Waals surface area contributed by atoms with Crippen molar-refractivity contribution >= 4 is 11.6 Å². The number of nitrogens with zero attached hydrogens (tertiary/aromatic N) is 1. The lowest BCUT2D eigenvalue weighted by Gasteiger charge is -2.48. The molecule has 1 saturated carbocycles. The molecular weight excluding hydrogens is 289 g/mol. The summed E-state index contributed by atoms with van der Waals surface area (Å²) in [5.74, 6) is 5.57. The van der Waals surface area contributed by atoms with E-state index >= 15 is 0 Å². The number of nitrogens with two attached hydrogens (primary N) is 1. The van der Waals surface area contributed by atoms with Crippen LogP contribution in [0, 0.1) is 5.82 Å². The molecule has 1 aliphatic rings. The second-order valence-corrected chi connectivity index (χ2v) is 6.65. The van der Waals surface area contributed by atoms with Gasteiger partial charge >= 0.3 is 0 Å². The molecule has 0 spiro atoms. The van der Waals surface area contributed by atoms with E-state index in [1.807, 2.05) is 0 Å². The highest BCUT2D eigenvalue weighted by Gasteiger charge is 2.41. The van der Waals surface area contributed by atoms with Crippen LogP contribution in [-0.2, 0) is 6.42 Å². The van der Waals surface area contributed by atoms with Gasteiger partial charge in [-0.2, -0.15) is 0 Å². The predicted molar refractivity (Wildman–Crippen MR) is 85.7 cm³/mol. The van der Waals surface area contributed by atoms with Gasteiger partial charge in [0.2, 0.25) is 0 Å². The Morgan fingerprint density at radius 3 is 2.52 bits per heavy atom. The summed E-state index contributed by atoms with van der Waals surface area (Å²) >= 11 is 5.83. The molecule has 0 heterocycles. The van der Waals surface area contributed by atoms with Gasteiger partial charge in [-0.1, -0.05) is 36.9 Å². The zero-order chi connectivity index (χ0) is 15.5. The minimum absolute atomic E-state index is 0.0148. The molecule has 21 heavy (non-hydrogen) atoms. The zero-order valence-electron chi connectivity index (χ0n) is 12.8. The molecule has 0 saturated heterocycles. The van der Waals surface area contributed by atoms with E-state index in [1.165, 1.54) is 25.3 Å². The van der Waals surface area contributed by atoms with Gasteiger partial charge in [0.25, 0.3) is 0 Å². The quantitative estimate of drug-likeness (QED) is 0.648. The Morgan fingerprint density at radius 2 is 2.00 bits per heavy atom. The van der Waals surface area contributed by atoms with E-state index in [0.29, 0.717) is 17.0 Å². The molecule has 1 aliphatic carbocycles. The van der Waals surface area contributed by atoms with Crippen molar-refractivity contribution in [3.05, 3.63) is 34.6 Å². The van der Waals surface area contributed by atoms with E-state index in [1.54, 1.807) is 12.1 Å².